The molecule has 90 valence electrons. The summed E-state index contributed by atoms with van der Waals surface area (Å²) in [5.41, 5.74) is 8.90. The zero-order valence-electron chi connectivity index (χ0n) is 11.1. The minimum Gasteiger partial charge on any atom is -0.322 e. The maximum Gasteiger partial charge on any atom is 0.0386 e. The van der Waals surface area contributed by atoms with E-state index in [0.717, 1.165) is 12.3 Å². The summed E-state index contributed by atoms with van der Waals surface area (Å²) < 4.78 is 0. The Morgan fingerprint density at radius 1 is 1.19 bits per heavy atom. The minimum atomic E-state index is -0.192. The van der Waals surface area contributed by atoms with Gasteiger partial charge in [-0.1, -0.05) is 51.0 Å². The largest absolute Gasteiger partial charge is 0.322 e. The summed E-state index contributed by atoms with van der Waals surface area (Å²) in [4.78, 5) is 0. The topological polar surface area (TPSA) is 26.0 Å². The maximum atomic E-state index is 6.49. The molecule has 0 aliphatic carbocycles. The second-order valence-corrected chi connectivity index (χ2v) is 5.12. The molecular weight excluding hydrogens is 194 g/mol. The van der Waals surface area contributed by atoms with E-state index in [1.54, 1.807) is 0 Å². The third kappa shape index (κ3) is 3.08. The average molecular weight is 219 g/mol. The summed E-state index contributed by atoms with van der Waals surface area (Å²) >= 11 is 0. The molecule has 0 aliphatic rings. The lowest BCUT2D eigenvalue weighted by molar-refractivity contribution is 0.328. The fourth-order valence-corrected chi connectivity index (χ4v) is 2.50. The van der Waals surface area contributed by atoms with Crippen molar-refractivity contribution in [3.05, 3.63) is 35.4 Å². The molecule has 2 N–H and O–H groups in total. The SMILES string of the molecule is CCC(CC)CC(C)(N)c1ccccc1C. The molecule has 1 rings (SSSR count). The molecule has 0 radical (unpaired) electrons. The van der Waals surface area contributed by atoms with Gasteiger partial charge < -0.3 is 5.73 Å². The number of aryl methyl sites for hydroxylation is 1. The van der Waals surface area contributed by atoms with Crippen LogP contribution in [0.5, 0.6) is 0 Å². The highest BCUT2D eigenvalue weighted by Crippen LogP contribution is 2.30. The molecule has 0 aliphatic heterocycles. The van der Waals surface area contributed by atoms with Gasteiger partial charge in [0.25, 0.3) is 0 Å². The van der Waals surface area contributed by atoms with Crippen LogP contribution in [0, 0.1) is 12.8 Å². The van der Waals surface area contributed by atoms with Crippen molar-refractivity contribution in [2.24, 2.45) is 11.7 Å². The van der Waals surface area contributed by atoms with Crippen molar-refractivity contribution in [2.75, 3.05) is 0 Å². The second-order valence-electron chi connectivity index (χ2n) is 5.12. The molecular formula is C15H25N. The Bertz CT molecular complexity index is 324. The van der Waals surface area contributed by atoms with Crippen molar-refractivity contribution in [1.82, 2.24) is 0 Å². The van der Waals surface area contributed by atoms with E-state index < -0.39 is 0 Å². The van der Waals surface area contributed by atoms with Crippen LogP contribution >= 0.6 is 0 Å². The fourth-order valence-electron chi connectivity index (χ4n) is 2.50. The van der Waals surface area contributed by atoms with E-state index in [1.165, 1.54) is 24.0 Å². The Labute approximate surface area is 100 Å². The van der Waals surface area contributed by atoms with Crippen LogP contribution in [0.2, 0.25) is 0 Å². The summed E-state index contributed by atoms with van der Waals surface area (Å²) in [6.07, 6.45) is 3.51. The van der Waals surface area contributed by atoms with Crippen molar-refractivity contribution in [1.29, 1.82) is 0 Å². The molecule has 0 saturated carbocycles. The second kappa shape index (κ2) is 5.49. The van der Waals surface area contributed by atoms with Gasteiger partial charge in [-0.3, -0.25) is 0 Å². The first kappa shape index (κ1) is 13.2. The Balaban J connectivity index is 2.89. The van der Waals surface area contributed by atoms with Gasteiger partial charge >= 0.3 is 0 Å². The van der Waals surface area contributed by atoms with Gasteiger partial charge in [0.1, 0.15) is 0 Å². The van der Waals surface area contributed by atoms with Crippen LogP contribution in [-0.2, 0) is 5.54 Å². The number of rotatable bonds is 5. The third-order valence-corrected chi connectivity index (χ3v) is 3.63. The van der Waals surface area contributed by atoms with E-state index in [0.29, 0.717) is 0 Å². The van der Waals surface area contributed by atoms with Gasteiger partial charge in [-0.15, -0.1) is 0 Å². The summed E-state index contributed by atoms with van der Waals surface area (Å²) in [6, 6.07) is 8.47. The van der Waals surface area contributed by atoms with Gasteiger partial charge in [0.05, 0.1) is 0 Å². The fraction of sp³-hybridized carbons (Fsp3) is 0.600. The number of nitrogens with two attached hydrogens (primary N) is 1. The average Bonchev–Trinajstić information content (AvgIpc) is 2.26. The van der Waals surface area contributed by atoms with E-state index in [2.05, 4.69) is 52.0 Å². The van der Waals surface area contributed by atoms with Gasteiger partial charge in [-0.2, -0.15) is 0 Å². The van der Waals surface area contributed by atoms with E-state index in [1.807, 2.05) is 0 Å². The highest BCUT2D eigenvalue weighted by atomic mass is 14.7. The molecule has 1 aromatic rings. The molecule has 0 aromatic heterocycles. The summed E-state index contributed by atoms with van der Waals surface area (Å²) in [6.45, 7) is 8.81. The van der Waals surface area contributed by atoms with Crippen LogP contribution in [-0.4, -0.2) is 0 Å². The molecule has 0 saturated heterocycles. The maximum absolute atomic E-state index is 6.49. The molecule has 0 bridgehead atoms. The molecule has 1 atom stereocenters. The zero-order chi connectivity index (χ0) is 12.2. The van der Waals surface area contributed by atoms with Crippen molar-refractivity contribution in [3.63, 3.8) is 0 Å². The van der Waals surface area contributed by atoms with Crippen LogP contribution in [0.3, 0.4) is 0 Å². The highest BCUT2D eigenvalue weighted by molar-refractivity contribution is 5.31. The number of benzene rings is 1. The van der Waals surface area contributed by atoms with Crippen molar-refractivity contribution in [2.45, 2.75) is 52.5 Å². The normalized spacial score (nSPS) is 15.1. The number of hydrogen-bond donors (Lipinski definition) is 1. The van der Waals surface area contributed by atoms with Crippen LogP contribution < -0.4 is 5.73 Å². The molecule has 0 heterocycles. The third-order valence-electron chi connectivity index (χ3n) is 3.63. The first-order valence-corrected chi connectivity index (χ1v) is 6.36. The lowest BCUT2D eigenvalue weighted by atomic mass is 9.80. The molecule has 1 heteroatoms. The quantitative estimate of drug-likeness (QED) is 0.796. The van der Waals surface area contributed by atoms with Crippen LogP contribution in [0.25, 0.3) is 0 Å². The molecule has 0 fully saturated rings. The monoisotopic (exact) mass is 219 g/mol. The zero-order valence-corrected chi connectivity index (χ0v) is 11.1. The van der Waals surface area contributed by atoms with E-state index in [9.17, 15) is 0 Å². The summed E-state index contributed by atoms with van der Waals surface area (Å²) in [5.74, 6) is 0.731. The van der Waals surface area contributed by atoms with Gasteiger partial charge in [-0.25, -0.2) is 0 Å². The lowest BCUT2D eigenvalue weighted by Gasteiger charge is -2.30. The lowest BCUT2D eigenvalue weighted by Crippen LogP contribution is -2.36. The minimum absolute atomic E-state index is 0.192. The van der Waals surface area contributed by atoms with Gasteiger partial charge in [0.15, 0.2) is 0 Å². The molecule has 16 heavy (non-hydrogen) atoms. The molecule has 1 aromatic carbocycles. The van der Waals surface area contributed by atoms with Crippen molar-refractivity contribution in [3.8, 4) is 0 Å². The Kier molecular flexibility index (Phi) is 4.55. The first-order chi connectivity index (χ1) is 7.51. The van der Waals surface area contributed by atoms with Crippen molar-refractivity contribution >= 4 is 0 Å². The van der Waals surface area contributed by atoms with Crippen LogP contribution in [0.1, 0.15) is 51.2 Å². The predicted octanol–water partition coefficient (Wildman–Crippen LogP) is 4.00. The van der Waals surface area contributed by atoms with Crippen LogP contribution in [0.15, 0.2) is 24.3 Å². The standard InChI is InChI=1S/C15H25N/c1-5-13(6-2)11-15(4,16)14-10-8-7-9-12(14)3/h7-10,13H,5-6,11,16H2,1-4H3. The highest BCUT2D eigenvalue weighted by Gasteiger charge is 2.25. The van der Waals surface area contributed by atoms with Crippen LogP contribution in [0.4, 0.5) is 0 Å². The predicted molar refractivity (Wildman–Crippen MR) is 71.4 cm³/mol. The molecule has 1 nitrogen and oxygen atoms in total. The number of hydrogen-bond acceptors (Lipinski definition) is 1. The Morgan fingerprint density at radius 2 is 1.75 bits per heavy atom. The van der Waals surface area contributed by atoms with Gasteiger partial charge in [0.2, 0.25) is 0 Å². The molecule has 0 spiro atoms. The van der Waals surface area contributed by atoms with E-state index in [-0.39, 0.29) is 5.54 Å². The first-order valence-electron chi connectivity index (χ1n) is 6.36. The van der Waals surface area contributed by atoms with E-state index in [4.69, 9.17) is 5.73 Å². The van der Waals surface area contributed by atoms with Crippen molar-refractivity contribution < 1.29 is 0 Å². The smallest absolute Gasteiger partial charge is 0.0386 e. The van der Waals surface area contributed by atoms with Gasteiger partial charge in [-0.05, 0) is 37.3 Å². The Hall–Kier alpha value is -0.820. The Morgan fingerprint density at radius 3 is 2.25 bits per heavy atom. The molecule has 1 unspecified atom stereocenters. The molecule has 0 amide bonds. The van der Waals surface area contributed by atoms with E-state index >= 15 is 0 Å². The van der Waals surface area contributed by atoms with Gasteiger partial charge in [0, 0.05) is 5.54 Å². The summed E-state index contributed by atoms with van der Waals surface area (Å²) in [7, 11) is 0. The summed E-state index contributed by atoms with van der Waals surface area (Å²) in [5, 5.41) is 0.